The molecule has 0 saturated heterocycles. The van der Waals surface area contributed by atoms with Crippen molar-refractivity contribution in [2.45, 2.75) is 6.42 Å². The lowest BCUT2D eigenvalue weighted by atomic mass is 10.1. The third-order valence-corrected chi connectivity index (χ3v) is 3.34. The fourth-order valence-electron chi connectivity index (χ4n) is 1.97. The Balaban J connectivity index is 1.75. The number of likely N-dealkylation sites (N-methyl/N-ethyl adjacent to an activating group) is 1. The number of ether oxygens (including phenoxy) is 1. The largest absolute Gasteiger partial charge is 0.492 e. The molecule has 0 heterocycles. The van der Waals surface area contributed by atoms with Gasteiger partial charge < -0.3 is 9.64 Å². The van der Waals surface area contributed by atoms with E-state index in [1.54, 1.807) is 36.2 Å². The predicted molar refractivity (Wildman–Crippen MR) is 85.1 cm³/mol. The third kappa shape index (κ3) is 4.74. The highest BCUT2D eigenvalue weighted by molar-refractivity contribution is 5.78. The summed E-state index contributed by atoms with van der Waals surface area (Å²) in [4.78, 5) is 24.3. The number of carbonyl (C=O) groups is 2. The zero-order valence-electron chi connectivity index (χ0n) is 12.6. The second-order valence-corrected chi connectivity index (χ2v) is 5.01. The molecule has 1 amide bonds. The highest BCUT2D eigenvalue weighted by atomic mass is 16.5. The van der Waals surface area contributed by atoms with Crippen molar-refractivity contribution in [3.05, 3.63) is 65.7 Å². The molecule has 0 radical (unpaired) electrons. The highest BCUT2D eigenvalue weighted by Crippen LogP contribution is 2.11. The molecular weight excluding hydrogens is 278 g/mol. The van der Waals surface area contributed by atoms with Crippen molar-refractivity contribution >= 4 is 12.2 Å². The van der Waals surface area contributed by atoms with Gasteiger partial charge in [-0.15, -0.1) is 0 Å². The van der Waals surface area contributed by atoms with Crippen molar-refractivity contribution in [2.24, 2.45) is 0 Å². The van der Waals surface area contributed by atoms with E-state index in [0.29, 0.717) is 30.9 Å². The Morgan fingerprint density at radius 1 is 1.09 bits per heavy atom. The Bertz CT molecular complexity index is 608. The van der Waals surface area contributed by atoms with E-state index in [1.807, 2.05) is 30.3 Å². The fraction of sp³-hybridized carbons (Fsp3) is 0.222. The van der Waals surface area contributed by atoms with Crippen LogP contribution in [0, 0.1) is 0 Å². The van der Waals surface area contributed by atoms with Crippen molar-refractivity contribution in [3.8, 4) is 5.75 Å². The van der Waals surface area contributed by atoms with Crippen LogP contribution in [0.4, 0.5) is 0 Å². The van der Waals surface area contributed by atoms with E-state index in [9.17, 15) is 9.59 Å². The first-order valence-corrected chi connectivity index (χ1v) is 7.15. The number of nitrogens with zero attached hydrogens (tertiary/aromatic N) is 1. The number of benzene rings is 2. The number of carbonyl (C=O) groups excluding carboxylic acids is 2. The first-order chi connectivity index (χ1) is 10.7. The lowest BCUT2D eigenvalue weighted by Gasteiger charge is -2.17. The molecule has 0 aliphatic carbocycles. The third-order valence-electron chi connectivity index (χ3n) is 3.34. The van der Waals surface area contributed by atoms with Crippen LogP contribution in [-0.2, 0) is 11.2 Å². The summed E-state index contributed by atoms with van der Waals surface area (Å²) in [6, 6.07) is 16.6. The van der Waals surface area contributed by atoms with Crippen LogP contribution >= 0.6 is 0 Å². The quantitative estimate of drug-likeness (QED) is 0.738. The minimum absolute atomic E-state index is 0.0612. The van der Waals surface area contributed by atoms with Crippen LogP contribution in [0.2, 0.25) is 0 Å². The number of hydrogen-bond acceptors (Lipinski definition) is 3. The van der Waals surface area contributed by atoms with Crippen LogP contribution in [0.1, 0.15) is 15.9 Å². The number of amides is 1. The first kappa shape index (κ1) is 15.8. The Kier molecular flexibility index (Phi) is 5.72. The average molecular weight is 297 g/mol. The first-order valence-electron chi connectivity index (χ1n) is 7.15. The molecule has 0 spiro atoms. The van der Waals surface area contributed by atoms with Gasteiger partial charge in [-0.25, -0.2) is 0 Å². The van der Waals surface area contributed by atoms with Gasteiger partial charge in [0.15, 0.2) is 0 Å². The van der Waals surface area contributed by atoms with Gasteiger partial charge in [0.05, 0.1) is 13.0 Å². The predicted octanol–water partition coefficient (Wildman–Crippen LogP) is 2.58. The molecule has 22 heavy (non-hydrogen) atoms. The molecule has 0 unspecified atom stereocenters. The van der Waals surface area contributed by atoms with Gasteiger partial charge >= 0.3 is 0 Å². The minimum Gasteiger partial charge on any atom is -0.492 e. The summed E-state index contributed by atoms with van der Waals surface area (Å²) >= 11 is 0. The summed E-state index contributed by atoms with van der Waals surface area (Å²) in [5.41, 5.74) is 1.62. The van der Waals surface area contributed by atoms with Gasteiger partial charge in [-0.05, 0) is 29.8 Å². The van der Waals surface area contributed by atoms with Crippen LogP contribution < -0.4 is 4.74 Å². The van der Waals surface area contributed by atoms with Crippen molar-refractivity contribution < 1.29 is 14.3 Å². The van der Waals surface area contributed by atoms with Crippen molar-refractivity contribution in [1.29, 1.82) is 0 Å². The molecule has 114 valence electrons. The molecule has 0 fully saturated rings. The van der Waals surface area contributed by atoms with Crippen LogP contribution in [0.15, 0.2) is 54.6 Å². The maximum atomic E-state index is 12.1. The molecule has 0 atom stereocenters. The fourth-order valence-corrected chi connectivity index (χ4v) is 1.97. The second kappa shape index (κ2) is 7.98. The SMILES string of the molecule is CN(CCOc1ccc(C=O)cc1)C(=O)Cc1ccccc1. The second-order valence-electron chi connectivity index (χ2n) is 5.01. The summed E-state index contributed by atoms with van der Waals surface area (Å²) in [7, 11) is 1.77. The zero-order valence-corrected chi connectivity index (χ0v) is 12.6. The van der Waals surface area contributed by atoms with E-state index < -0.39 is 0 Å². The molecule has 0 N–H and O–H groups in total. The normalized spacial score (nSPS) is 10.0. The Labute approximate surface area is 130 Å². The lowest BCUT2D eigenvalue weighted by Crippen LogP contribution is -2.32. The molecule has 0 saturated carbocycles. The van der Waals surface area contributed by atoms with E-state index >= 15 is 0 Å². The average Bonchev–Trinajstić information content (AvgIpc) is 2.56. The van der Waals surface area contributed by atoms with Crippen LogP contribution in [0.3, 0.4) is 0 Å². The van der Waals surface area contributed by atoms with E-state index in [4.69, 9.17) is 4.74 Å². The monoisotopic (exact) mass is 297 g/mol. The summed E-state index contributed by atoms with van der Waals surface area (Å²) in [6.45, 7) is 0.929. The molecule has 2 aromatic rings. The summed E-state index contributed by atoms with van der Waals surface area (Å²) < 4.78 is 5.57. The van der Waals surface area contributed by atoms with E-state index in [0.717, 1.165) is 11.8 Å². The van der Waals surface area contributed by atoms with Gasteiger partial charge in [0.25, 0.3) is 0 Å². The van der Waals surface area contributed by atoms with Crippen molar-refractivity contribution in [3.63, 3.8) is 0 Å². The molecule has 0 bridgehead atoms. The molecule has 2 rings (SSSR count). The summed E-state index contributed by atoms with van der Waals surface area (Å²) in [5, 5.41) is 0. The number of rotatable bonds is 7. The highest BCUT2D eigenvalue weighted by Gasteiger charge is 2.09. The molecule has 2 aromatic carbocycles. The van der Waals surface area contributed by atoms with Gasteiger partial charge in [-0.3, -0.25) is 9.59 Å². The van der Waals surface area contributed by atoms with E-state index in [-0.39, 0.29) is 5.91 Å². The molecule has 4 heteroatoms. The summed E-state index contributed by atoms with van der Waals surface area (Å²) in [6.07, 6.45) is 1.19. The Morgan fingerprint density at radius 2 is 1.77 bits per heavy atom. The minimum atomic E-state index is 0.0612. The molecular formula is C18H19NO3. The van der Waals surface area contributed by atoms with Gasteiger partial charge in [0.2, 0.25) is 5.91 Å². The smallest absolute Gasteiger partial charge is 0.226 e. The lowest BCUT2D eigenvalue weighted by molar-refractivity contribution is -0.129. The zero-order chi connectivity index (χ0) is 15.8. The van der Waals surface area contributed by atoms with Gasteiger partial charge in [-0.1, -0.05) is 30.3 Å². The molecule has 4 nitrogen and oxygen atoms in total. The molecule has 0 aromatic heterocycles. The Hall–Kier alpha value is -2.62. The van der Waals surface area contributed by atoms with Gasteiger partial charge in [0.1, 0.15) is 18.6 Å². The van der Waals surface area contributed by atoms with Crippen molar-refractivity contribution in [2.75, 3.05) is 20.2 Å². The number of hydrogen-bond donors (Lipinski definition) is 0. The van der Waals surface area contributed by atoms with Crippen molar-refractivity contribution in [1.82, 2.24) is 4.90 Å². The van der Waals surface area contributed by atoms with E-state index in [1.165, 1.54) is 0 Å². The topological polar surface area (TPSA) is 46.6 Å². The maximum Gasteiger partial charge on any atom is 0.226 e. The Morgan fingerprint density at radius 3 is 2.41 bits per heavy atom. The van der Waals surface area contributed by atoms with Gasteiger partial charge in [0, 0.05) is 12.6 Å². The van der Waals surface area contributed by atoms with E-state index in [2.05, 4.69) is 0 Å². The van der Waals surface area contributed by atoms with Crippen LogP contribution in [-0.4, -0.2) is 37.3 Å². The van der Waals surface area contributed by atoms with Crippen LogP contribution in [0.25, 0.3) is 0 Å². The number of aldehydes is 1. The standard InChI is InChI=1S/C18H19NO3/c1-19(18(21)13-15-5-3-2-4-6-15)11-12-22-17-9-7-16(14-20)8-10-17/h2-10,14H,11-13H2,1H3. The van der Waals surface area contributed by atoms with Gasteiger partial charge in [-0.2, -0.15) is 0 Å². The summed E-state index contributed by atoms with van der Waals surface area (Å²) in [5.74, 6) is 0.751. The molecule has 0 aliphatic rings. The molecule has 0 aliphatic heterocycles. The maximum absolute atomic E-state index is 12.1. The van der Waals surface area contributed by atoms with Crippen LogP contribution in [0.5, 0.6) is 5.75 Å².